The Morgan fingerprint density at radius 1 is 1.08 bits per heavy atom. The fourth-order valence-corrected chi connectivity index (χ4v) is 3.49. The Kier molecular flexibility index (Phi) is 4.05. The fraction of sp³-hybridized carbons (Fsp3) is 0.263. The maximum absolute atomic E-state index is 14.0. The first-order chi connectivity index (χ1) is 12.2. The lowest BCUT2D eigenvalue weighted by Gasteiger charge is -2.19. The lowest BCUT2D eigenvalue weighted by atomic mass is 9.87. The average Bonchev–Trinajstić information content (AvgIpc) is 2.93. The number of halogens is 2. The van der Waals surface area contributed by atoms with Crippen LogP contribution in [0.5, 0.6) is 0 Å². The molecule has 0 aliphatic carbocycles. The molecule has 2 aromatic carbocycles. The number of ether oxygens (including phenoxy) is 1. The number of methoxy groups -OCH3 is 1. The zero-order chi connectivity index (χ0) is 17.4. The van der Waals surface area contributed by atoms with Crippen molar-refractivity contribution in [3.63, 3.8) is 0 Å². The quantitative estimate of drug-likeness (QED) is 0.728. The van der Waals surface area contributed by atoms with Crippen LogP contribution in [0.25, 0.3) is 5.69 Å². The molecule has 0 spiro atoms. The number of hydrogen-bond donors (Lipinski definition) is 0. The van der Waals surface area contributed by atoms with Gasteiger partial charge in [0.1, 0.15) is 24.1 Å². The maximum Gasteiger partial charge on any atom is 0.163 e. The molecule has 4 nitrogen and oxygen atoms in total. The highest BCUT2D eigenvalue weighted by Gasteiger charge is 2.27. The van der Waals surface area contributed by atoms with Crippen molar-refractivity contribution in [1.82, 2.24) is 14.8 Å². The number of rotatable bonds is 3. The minimum absolute atomic E-state index is 0.0355. The van der Waals surface area contributed by atoms with Crippen LogP contribution in [0.15, 0.2) is 42.5 Å². The first-order valence-electron chi connectivity index (χ1n) is 8.15. The molecule has 2 heterocycles. The number of aromatic nitrogens is 3. The Bertz CT molecular complexity index is 906. The largest absolute Gasteiger partial charge is 0.377 e. The van der Waals surface area contributed by atoms with Crippen LogP contribution in [0.3, 0.4) is 0 Å². The van der Waals surface area contributed by atoms with E-state index in [-0.39, 0.29) is 17.6 Å². The molecule has 0 radical (unpaired) electrons. The normalized spacial score (nSPS) is 16.2. The van der Waals surface area contributed by atoms with Crippen molar-refractivity contribution >= 4 is 0 Å². The van der Waals surface area contributed by atoms with E-state index in [1.807, 2.05) is 4.57 Å². The van der Waals surface area contributed by atoms with E-state index in [9.17, 15) is 8.78 Å². The first-order valence-corrected chi connectivity index (χ1v) is 8.15. The highest BCUT2D eigenvalue weighted by Crippen LogP contribution is 2.37. The van der Waals surface area contributed by atoms with E-state index in [0.717, 1.165) is 29.1 Å². The van der Waals surface area contributed by atoms with E-state index in [0.29, 0.717) is 18.9 Å². The third-order valence-corrected chi connectivity index (χ3v) is 4.61. The standard InChI is InChI=1S/C19H17F2N3O/c1-25-11-19-23-22-18-9-8-15(12-2-4-13(20)5-3-12)16-7-6-14(21)10-17(16)24(18)19/h2-7,10,15H,8-9,11H2,1H3. The Labute approximate surface area is 144 Å². The van der Waals surface area contributed by atoms with E-state index in [2.05, 4.69) is 10.2 Å². The third-order valence-electron chi connectivity index (χ3n) is 4.61. The summed E-state index contributed by atoms with van der Waals surface area (Å²) in [6.45, 7) is 0.296. The minimum atomic E-state index is -0.318. The van der Waals surface area contributed by atoms with E-state index >= 15 is 0 Å². The van der Waals surface area contributed by atoms with Gasteiger partial charge in [-0.2, -0.15) is 0 Å². The summed E-state index contributed by atoms with van der Waals surface area (Å²) in [6.07, 6.45) is 1.48. The van der Waals surface area contributed by atoms with Gasteiger partial charge < -0.3 is 4.74 Å². The molecule has 0 N–H and O–H groups in total. The van der Waals surface area contributed by atoms with Gasteiger partial charge in [0.2, 0.25) is 0 Å². The van der Waals surface area contributed by atoms with E-state index < -0.39 is 0 Å². The predicted molar refractivity (Wildman–Crippen MR) is 88.6 cm³/mol. The Balaban J connectivity index is 1.89. The molecule has 6 heteroatoms. The number of aryl methyl sites for hydroxylation is 1. The minimum Gasteiger partial charge on any atom is -0.377 e. The molecule has 0 fully saturated rings. The van der Waals surface area contributed by atoms with Crippen molar-refractivity contribution < 1.29 is 13.5 Å². The van der Waals surface area contributed by atoms with Crippen LogP contribution in [0.4, 0.5) is 8.78 Å². The Morgan fingerprint density at radius 3 is 2.60 bits per heavy atom. The Morgan fingerprint density at radius 2 is 1.84 bits per heavy atom. The summed E-state index contributed by atoms with van der Waals surface area (Å²) < 4.78 is 34.4. The van der Waals surface area contributed by atoms with Gasteiger partial charge in [-0.25, -0.2) is 8.78 Å². The van der Waals surface area contributed by atoms with Crippen molar-refractivity contribution in [3.05, 3.63) is 76.9 Å². The lowest BCUT2D eigenvalue weighted by molar-refractivity contribution is 0.176. The zero-order valence-corrected chi connectivity index (χ0v) is 13.7. The lowest BCUT2D eigenvalue weighted by Crippen LogP contribution is -2.08. The van der Waals surface area contributed by atoms with Gasteiger partial charge in [-0.05, 0) is 41.8 Å². The molecule has 3 aromatic rings. The third kappa shape index (κ3) is 2.82. The number of nitrogens with zero attached hydrogens (tertiary/aromatic N) is 3. The van der Waals surface area contributed by atoms with Crippen molar-refractivity contribution in [2.75, 3.05) is 7.11 Å². The number of fused-ring (bicyclic) bond motifs is 3. The summed E-state index contributed by atoms with van der Waals surface area (Å²) in [5.41, 5.74) is 2.70. The molecular formula is C19H17F2N3O. The predicted octanol–water partition coefficient (Wildman–Crippen LogP) is 3.77. The summed E-state index contributed by atoms with van der Waals surface area (Å²) in [5, 5.41) is 8.44. The molecule has 128 valence electrons. The second kappa shape index (κ2) is 6.37. The van der Waals surface area contributed by atoms with E-state index in [1.54, 1.807) is 25.3 Å². The summed E-state index contributed by atoms with van der Waals surface area (Å²) >= 11 is 0. The topological polar surface area (TPSA) is 39.9 Å². The average molecular weight is 341 g/mol. The zero-order valence-electron chi connectivity index (χ0n) is 13.7. The molecule has 1 aromatic heterocycles. The van der Waals surface area contributed by atoms with Crippen molar-refractivity contribution in [3.8, 4) is 5.69 Å². The molecule has 0 bridgehead atoms. The van der Waals surface area contributed by atoms with Gasteiger partial charge in [0.05, 0.1) is 5.69 Å². The van der Waals surface area contributed by atoms with Gasteiger partial charge in [0.15, 0.2) is 5.82 Å². The summed E-state index contributed by atoms with van der Waals surface area (Å²) in [4.78, 5) is 0. The molecule has 25 heavy (non-hydrogen) atoms. The van der Waals surface area contributed by atoms with Gasteiger partial charge in [0, 0.05) is 19.4 Å². The van der Waals surface area contributed by atoms with Crippen LogP contribution in [-0.2, 0) is 17.8 Å². The van der Waals surface area contributed by atoms with Gasteiger partial charge >= 0.3 is 0 Å². The van der Waals surface area contributed by atoms with Crippen molar-refractivity contribution in [2.24, 2.45) is 0 Å². The van der Waals surface area contributed by atoms with Crippen LogP contribution in [0.1, 0.15) is 35.1 Å². The van der Waals surface area contributed by atoms with E-state index in [4.69, 9.17) is 4.74 Å². The molecule has 1 aliphatic rings. The van der Waals surface area contributed by atoms with Gasteiger partial charge in [-0.1, -0.05) is 18.2 Å². The van der Waals surface area contributed by atoms with Crippen molar-refractivity contribution in [1.29, 1.82) is 0 Å². The number of hydrogen-bond acceptors (Lipinski definition) is 3. The molecule has 1 atom stereocenters. The first kappa shape index (κ1) is 15.9. The summed E-state index contributed by atoms with van der Waals surface area (Å²) in [7, 11) is 1.59. The summed E-state index contributed by atoms with van der Waals surface area (Å²) in [5.74, 6) is 0.874. The molecule has 1 aliphatic heterocycles. The van der Waals surface area contributed by atoms with Gasteiger partial charge in [0.25, 0.3) is 0 Å². The van der Waals surface area contributed by atoms with Gasteiger partial charge in [-0.3, -0.25) is 4.57 Å². The summed E-state index contributed by atoms with van der Waals surface area (Å²) in [6, 6.07) is 11.2. The smallest absolute Gasteiger partial charge is 0.163 e. The maximum atomic E-state index is 14.0. The second-order valence-corrected chi connectivity index (χ2v) is 6.15. The molecule has 0 saturated carbocycles. The Hall–Kier alpha value is -2.60. The van der Waals surface area contributed by atoms with Crippen LogP contribution in [-0.4, -0.2) is 21.9 Å². The second-order valence-electron chi connectivity index (χ2n) is 6.15. The van der Waals surface area contributed by atoms with Gasteiger partial charge in [-0.15, -0.1) is 10.2 Å². The molecule has 4 rings (SSSR count). The number of benzene rings is 2. The van der Waals surface area contributed by atoms with Crippen LogP contribution in [0.2, 0.25) is 0 Å². The SMILES string of the molecule is COCc1nnc2n1-c1cc(F)ccc1C(c1ccc(F)cc1)CC2. The van der Waals surface area contributed by atoms with Crippen LogP contribution in [0, 0.1) is 11.6 Å². The highest BCUT2D eigenvalue weighted by molar-refractivity contribution is 5.50. The van der Waals surface area contributed by atoms with Crippen LogP contribution < -0.4 is 0 Å². The molecule has 1 unspecified atom stereocenters. The van der Waals surface area contributed by atoms with Crippen LogP contribution >= 0.6 is 0 Å². The monoisotopic (exact) mass is 341 g/mol. The fourth-order valence-electron chi connectivity index (χ4n) is 3.49. The molecule has 0 saturated heterocycles. The van der Waals surface area contributed by atoms with E-state index in [1.165, 1.54) is 24.3 Å². The molecule has 0 amide bonds. The van der Waals surface area contributed by atoms with Crippen molar-refractivity contribution in [2.45, 2.75) is 25.4 Å². The highest BCUT2D eigenvalue weighted by atomic mass is 19.1. The molecular weight excluding hydrogens is 324 g/mol.